The van der Waals surface area contributed by atoms with Crippen LogP contribution in [-0.2, 0) is 4.74 Å². The fourth-order valence-electron chi connectivity index (χ4n) is 2.53. The summed E-state index contributed by atoms with van der Waals surface area (Å²) in [5.74, 6) is 0. The number of benzene rings is 1. The molecule has 0 aromatic heterocycles. The van der Waals surface area contributed by atoms with Crippen LogP contribution in [-0.4, -0.2) is 30.0 Å². The molecule has 0 spiro atoms. The Balaban J connectivity index is 2.03. The Kier molecular flexibility index (Phi) is 5.32. The predicted molar refractivity (Wildman–Crippen MR) is 82.5 cm³/mol. The Bertz CT molecular complexity index is 469. The second-order valence-electron chi connectivity index (χ2n) is 5.38. The molecule has 112 valence electrons. The number of halogens is 2. The van der Waals surface area contributed by atoms with Gasteiger partial charge in [-0.15, -0.1) is 0 Å². The summed E-state index contributed by atoms with van der Waals surface area (Å²) >= 11 is 12.0. The van der Waals surface area contributed by atoms with Gasteiger partial charge in [-0.25, -0.2) is 0 Å². The average molecular weight is 318 g/mol. The molecule has 3 unspecified atom stereocenters. The Morgan fingerprint density at radius 3 is 2.75 bits per heavy atom. The quantitative estimate of drug-likeness (QED) is 0.872. The SMILES string of the molecule is CCC(NCC1(O)CCOC1C)c1ccc(Cl)c(Cl)c1. The molecular weight excluding hydrogens is 297 g/mol. The minimum Gasteiger partial charge on any atom is -0.386 e. The first-order valence-electron chi connectivity index (χ1n) is 6.98. The average Bonchev–Trinajstić information content (AvgIpc) is 2.75. The monoisotopic (exact) mass is 317 g/mol. The van der Waals surface area contributed by atoms with Crippen LogP contribution in [0.2, 0.25) is 10.0 Å². The van der Waals surface area contributed by atoms with Crippen LogP contribution in [0.25, 0.3) is 0 Å². The molecule has 2 rings (SSSR count). The van der Waals surface area contributed by atoms with Crippen molar-refractivity contribution < 1.29 is 9.84 Å². The van der Waals surface area contributed by atoms with Crippen molar-refractivity contribution in [1.82, 2.24) is 5.32 Å². The van der Waals surface area contributed by atoms with Gasteiger partial charge in [-0.1, -0.05) is 36.2 Å². The summed E-state index contributed by atoms with van der Waals surface area (Å²) in [6, 6.07) is 5.79. The van der Waals surface area contributed by atoms with Gasteiger partial charge in [0.1, 0.15) is 5.60 Å². The smallest absolute Gasteiger partial charge is 0.105 e. The van der Waals surface area contributed by atoms with Crippen LogP contribution in [0.1, 0.15) is 38.3 Å². The summed E-state index contributed by atoms with van der Waals surface area (Å²) in [6.45, 7) is 5.13. The van der Waals surface area contributed by atoms with Crippen molar-refractivity contribution in [2.45, 2.75) is 44.4 Å². The normalized spacial score (nSPS) is 27.8. The van der Waals surface area contributed by atoms with Gasteiger partial charge >= 0.3 is 0 Å². The summed E-state index contributed by atoms with van der Waals surface area (Å²) in [4.78, 5) is 0. The van der Waals surface area contributed by atoms with Crippen molar-refractivity contribution in [3.8, 4) is 0 Å². The van der Waals surface area contributed by atoms with Gasteiger partial charge in [-0.2, -0.15) is 0 Å². The minimum atomic E-state index is -0.788. The van der Waals surface area contributed by atoms with E-state index < -0.39 is 5.60 Å². The maximum absolute atomic E-state index is 10.5. The van der Waals surface area contributed by atoms with Gasteiger partial charge < -0.3 is 15.2 Å². The van der Waals surface area contributed by atoms with E-state index in [1.807, 2.05) is 19.1 Å². The van der Waals surface area contributed by atoms with Crippen LogP contribution in [0, 0.1) is 0 Å². The summed E-state index contributed by atoms with van der Waals surface area (Å²) in [6.07, 6.45) is 1.43. The van der Waals surface area contributed by atoms with Gasteiger partial charge in [0, 0.05) is 25.6 Å². The van der Waals surface area contributed by atoms with Gasteiger partial charge in [0.15, 0.2) is 0 Å². The molecule has 1 aromatic rings. The minimum absolute atomic E-state index is 0.138. The molecule has 0 saturated carbocycles. The second kappa shape index (κ2) is 6.63. The number of hydrogen-bond acceptors (Lipinski definition) is 3. The zero-order valence-corrected chi connectivity index (χ0v) is 13.3. The fraction of sp³-hybridized carbons (Fsp3) is 0.600. The lowest BCUT2D eigenvalue weighted by Crippen LogP contribution is -2.46. The topological polar surface area (TPSA) is 41.5 Å². The summed E-state index contributed by atoms with van der Waals surface area (Å²) in [5.41, 5.74) is 0.293. The first-order chi connectivity index (χ1) is 9.46. The van der Waals surface area contributed by atoms with Gasteiger partial charge in [0.25, 0.3) is 0 Å². The predicted octanol–water partition coefficient (Wildman–Crippen LogP) is 3.57. The van der Waals surface area contributed by atoms with E-state index in [0.29, 0.717) is 29.6 Å². The van der Waals surface area contributed by atoms with E-state index in [4.69, 9.17) is 27.9 Å². The summed E-state index contributed by atoms with van der Waals surface area (Å²) in [7, 11) is 0. The van der Waals surface area contributed by atoms with Gasteiger partial charge in [-0.05, 0) is 31.0 Å². The molecule has 3 atom stereocenters. The Morgan fingerprint density at radius 2 is 2.20 bits per heavy atom. The second-order valence-corrected chi connectivity index (χ2v) is 6.20. The lowest BCUT2D eigenvalue weighted by atomic mass is 9.95. The molecule has 20 heavy (non-hydrogen) atoms. The Labute approximate surface area is 130 Å². The molecule has 0 amide bonds. The molecule has 5 heteroatoms. The van der Waals surface area contributed by atoms with E-state index in [-0.39, 0.29) is 12.1 Å². The molecule has 1 fully saturated rings. The van der Waals surface area contributed by atoms with Crippen molar-refractivity contribution >= 4 is 23.2 Å². The lowest BCUT2D eigenvalue weighted by molar-refractivity contribution is -0.0277. The maximum Gasteiger partial charge on any atom is 0.105 e. The van der Waals surface area contributed by atoms with E-state index in [9.17, 15) is 5.11 Å². The largest absolute Gasteiger partial charge is 0.386 e. The highest BCUT2D eigenvalue weighted by atomic mass is 35.5. The van der Waals surface area contributed by atoms with Crippen molar-refractivity contribution in [2.75, 3.05) is 13.2 Å². The highest BCUT2D eigenvalue weighted by molar-refractivity contribution is 6.42. The fourth-order valence-corrected chi connectivity index (χ4v) is 2.84. The van der Waals surface area contributed by atoms with Crippen LogP contribution in [0.3, 0.4) is 0 Å². The number of rotatable bonds is 5. The highest BCUT2D eigenvalue weighted by Crippen LogP contribution is 2.29. The van der Waals surface area contributed by atoms with E-state index in [1.54, 1.807) is 6.07 Å². The molecule has 0 radical (unpaired) electrons. The first kappa shape index (κ1) is 16.1. The number of hydrogen-bond donors (Lipinski definition) is 2. The Hall–Kier alpha value is -0.320. The molecule has 3 nitrogen and oxygen atoms in total. The van der Waals surface area contributed by atoms with E-state index >= 15 is 0 Å². The summed E-state index contributed by atoms with van der Waals surface area (Å²) < 4.78 is 5.45. The van der Waals surface area contributed by atoms with Crippen molar-refractivity contribution in [2.24, 2.45) is 0 Å². The molecule has 0 aliphatic carbocycles. The summed E-state index contributed by atoms with van der Waals surface area (Å²) in [5, 5.41) is 15.0. The standard InChI is InChI=1S/C15H21Cl2NO2/c1-3-14(11-4-5-12(16)13(17)8-11)18-9-15(19)6-7-20-10(15)2/h4-5,8,10,14,18-19H,3,6-7,9H2,1-2H3. The molecule has 1 saturated heterocycles. The molecule has 0 bridgehead atoms. The number of nitrogens with one attached hydrogen (secondary N) is 1. The third-order valence-electron chi connectivity index (χ3n) is 4.07. The third kappa shape index (κ3) is 3.46. The number of aliphatic hydroxyl groups is 1. The van der Waals surface area contributed by atoms with Crippen LogP contribution >= 0.6 is 23.2 Å². The maximum atomic E-state index is 10.5. The van der Waals surface area contributed by atoms with Crippen LogP contribution in [0.15, 0.2) is 18.2 Å². The van der Waals surface area contributed by atoms with Gasteiger partial charge in [0.2, 0.25) is 0 Å². The van der Waals surface area contributed by atoms with Crippen molar-refractivity contribution in [1.29, 1.82) is 0 Å². The van der Waals surface area contributed by atoms with Crippen molar-refractivity contribution in [3.05, 3.63) is 33.8 Å². The third-order valence-corrected chi connectivity index (χ3v) is 4.81. The Morgan fingerprint density at radius 1 is 1.45 bits per heavy atom. The molecule has 1 heterocycles. The van der Waals surface area contributed by atoms with Gasteiger partial charge in [-0.3, -0.25) is 0 Å². The van der Waals surface area contributed by atoms with E-state index in [1.165, 1.54) is 0 Å². The molecule has 2 N–H and O–H groups in total. The molecular formula is C15H21Cl2NO2. The lowest BCUT2D eigenvalue weighted by Gasteiger charge is -2.29. The highest BCUT2D eigenvalue weighted by Gasteiger charge is 2.39. The van der Waals surface area contributed by atoms with Crippen LogP contribution in [0.5, 0.6) is 0 Å². The molecule has 1 aliphatic heterocycles. The van der Waals surface area contributed by atoms with Gasteiger partial charge in [0.05, 0.1) is 16.1 Å². The van der Waals surface area contributed by atoms with Crippen LogP contribution in [0.4, 0.5) is 0 Å². The zero-order valence-electron chi connectivity index (χ0n) is 11.8. The van der Waals surface area contributed by atoms with E-state index in [0.717, 1.165) is 12.0 Å². The van der Waals surface area contributed by atoms with Crippen molar-refractivity contribution in [3.63, 3.8) is 0 Å². The number of ether oxygens (including phenoxy) is 1. The van der Waals surface area contributed by atoms with Crippen LogP contribution < -0.4 is 5.32 Å². The van der Waals surface area contributed by atoms with E-state index in [2.05, 4.69) is 12.2 Å². The molecule has 1 aliphatic rings. The molecule has 1 aromatic carbocycles. The first-order valence-corrected chi connectivity index (χ1v) is 7.74. The zero-order chi connectivity index (χ0) is 14.8.